The number of fused-ring (bicyclic) bond motifs is 1. The Morgan fingerprint density at radius 1 is 1.26 bits per heavy atom. The maximum absolute atomic E-state index is 12.5. The Balaban J connectivity index is 1.47. The summed E-state index contributed by atoms with van der Waals surface area (Å²) < 4.78 is 6.82. The first-order valence-electron chi connectivity index (χ1n) is 7.75. The van der Waals surface area contributed by atoms with Gasteiger partial charge in [0.05, 0.1) is 37.2 Å². The largest absolute Gasteiger partial charge is 0.465 e. The number of amides is 1. The van der Waals surface area contributed by atoms with E-state index < -0.39 is 0 Å². The van der Waals surface area contributed by atoms with Gasteiger partial charge in [0.15, 0.2) is 0 Å². The molecule has 0 spiro atoms. The van der Waals surface area contributed by atoms with Crippen molar-refractivity contribution in [3.05, 3.63) is 47.8 Å². The number of hydrogen-bond donors (Lipinski definition) is 0. The molecular weight excluding hydrogens is 294 g/mol. The Bertz CT molecular complexity index is 754. The van der Waals surface area contributed by atoms with Crippen LogP contribution in [0.25, 0.3) is 5.69 Å². The highest BCUT2D eigenvalue weighted by atomic mass is 16.5. The SMILES string of the molecule is O=C1CC(CC(=O)N2Cc3cnn(-c4ccccc4)c3C2)CO1. The smallest absolute Gasteiger partial charge is 0.306 e. The summed E-state index contributed by atoms with van der Waals surface area (Å²) in [5.41, 5.74) is 3.14. The van der Waals surface area contributed by atoms with E-state index in [4.69, 9.17) is 4.74 Å². The van der Waals surface area contributed by atoms with Crippen molar-refractivity contribution in [2.45, 2.75) is 25.9 Å². The third kappa shape index (κ3) is 2.60. The molecule has 0 aliphatic carbocycles. The van der Waals surface area contributed by atoms with Crippen molar-refractivity contribution < 1.29 is 14.3 Å². The number of rotatable bonds is 3. The molecular formula is C17H17N3O3. The standard InChI is InChI=1S/C17H17N3O3/c21-16(6-12-7-17(22)23-11-12)19-9-13-8-18-20(15(13)10-19)14-4-2-1-3-5-14/h1-5,8,12H,6-7,9-11H2. The van der Waals surface area contributed by atoms with Gasteiger partial charge in [-0.1, -0.05) is 18.2 Å². The fourth-order valence-electron chi connectivity index (χ4n) is 3.19. The van der Waals surface area contributed by atoms with Gasteiger partial charge in [-0.25, -0.2) is 4.68 Å². The highest BCUT2D eigenvalue weighted by Gasteiger charge is 2.31. The molecule has 0 N–H and O–H groups in total. The average molecular weight is 311 g/mol. The second kappa shape index (κ2) is 5.53. The summed E-state index contributed by atoms with van der Waals surface area (Å²) in [6.45, 7) is 1.51. The van der Waals surface area contributed by atoms with Gasteiger partial charge in [-0.3, -0.25) is 9.59 Å². The average Bonchev–Trinajstić information content (AvgIpc) is 3.23. The van der Waals surface area contributed by atoms with E-state index in [1.807, 2.05) is 46.1 Å². The molecule has 0 saturated carbocycles. The first-order valence-corrected chi connectivity index (χ1v) is 7.75. The fourth-order valence-corrected chi connectivity index (χ4v) is 3.19. The molecule has 1 unspecified atom stereocenters. The van der Waals surface area contributed by atoms with Crippen molar-refractivity contribution in [2.24, 2.45) is 5.92 Å². The predicted octanol–water partition coefficient (Wildman–Crippen LogP) is 1.67. The summed E-state index contributed by atoms with van der Waals surface area (Å²) in [4.78, 5) is 25.4. The predicted molar refractivity (Wildman–Crippen MR) is 81.5 cm³/mol. The highest BCUT2D eigenvalue weighted by molar-refractivity contribution is 5.79. The molecule has 1 amide bonds. The van der Waals surface area contributed by atoms with Crippen LogP contribution in [0.15, 0.2) is 36.5 Å². The molecule has 1 aromatic heterocycles. The molecule has 23 heavy (non-hydrogen) atoms. The lowest BCUT2D eigenvalue weighted by atomic mass is 10.0. The van der Waals surface area contributed by atoms with Crippen LogP contribution < -0.4 is 0 Å². The van der Waals surface area contributed by atoms with Crippen LogP contribution in [0, 0.1) is 5.92 Å². The number of cyclic esters (lactones) is 1. The van der Waals surface area contributed by atoms with Crippen molar-refractivity contribution in [3.8, 4) is 5.69 Å². The van der Waals surface area contributed by atoms with Crippen LogP contribution in [0.4, 0.5) is 0 Å². The molecule has 2 aliphatic heterocycles. The summed E-state index contributed by atoms with van der Waals surface area (Å²) in [6, 6.07) is 9.91. The van der Waals surface area contributed by atoms with Gasteiger partial charge in [-0.2, -0.15) is 5.10 Å². The molecule has 2 aliphatic rings. The summed E-state index contributed by atoms with van der Waals surface area (Å²) in [5, 5.41) is 4.43. The van der Waals surface area contributed by atoms with Gasteiger partial charge in [-0.15, -0.1) is 0 Å². The van der Waals surface area contributed by atoms with E-state index in [-0.39, 0.29) is 17.8 Å². The van der Waals surface area contributed by atoms with Crippen LogP contribution >= 0.6 is 0 Å². The zero-order valence-corrected chi connectivity index (χ0v) is 12.6. The van der Waals surface area contributed by atoms with Crippen LogP contribution in [0.5, 0.6) is 0 Å². The summed E-state index contributed by atoms with van der Waals surface area (Å²) in [6.07, 6.45) is 2.55. The molecule has 118 valence electrons. The third-order valence-corrected chi connectivity index (χ3v) is 4.41. The van der Waals surface area contributed by atoms with Gasteiger partial charge in [-0.05, 0) is 12.1 Å². The number of aromatic nitrogens is 2. The Kier molecular flexibility index (Phi) is 3.37. The van der Waals surface area contributed by atoms with E-state index in [9.17, 15) is 9.59 Å². The van der Waals surface area contributed by atoms with E-state index in [1.54, 1.807) is 0 Å². The molecule has 1 atom stereocenters. The molecule has 6 nitrogen and oxygen atoms in total. The van der Waals surface area contributed by atoms with E-state index in [0.29, 0.717) is 32.5 Å². The van der Waals surface area contributed by atoms with Crippen molar-refractivity contribution in [2.75, 3.05) is 6.61 Å². The topological polar surface area (TPSA) is 64.4 Å². The van der Waals surface area contributed by atoms with Gasteiger partial charge in [0.2, 0.25) is 5.91 Å². The van der Waals surface area contributed by atoms with Crippen molar-refractivity contribution >= 4 is 11.9 Å². The van der Waals surface area contributed by atoms with Crippen molar-refractivity contribution in [1.82, 2.24) is 14.7 Å². The number of benzene rings is 1. The lowest BCUT2D eigenvalue weighted by molar-refractivity contribution is -0.138. The number of carbonyl (C=O) groups is 2. The molecule has 1 saturated heterocycles. The lowest BCUT2D eigenvalue weighted by Crippen LogP contribution is -2.28. The lowest BCUT2D eigenvalue weighted by Gasteiger charge is -2.17. The number of carbonyl (C=O) groups excluding carboxylic acids is 2. The summed E-state index contributed by atoms with van der Waals surface area (Å²) in [5.74, 6) is -0.110. The molecule has 3 heterocycles. The van der Waals surface area contributed by atoms with E-state index in [0.717, 1.165) is 16.9 Å². The molecule has 2 aromatic rings. The number of nitrogens with zero attached hydrogens (tertiary/aromatic N) is 3. The zero-order valence-electron chi connectivity index (χ0n) is 12.6. The first-order chi connectivity index (χ1) is 11.2. The second-order valence-electron chi connectivity index (χ2n) is 6.07. The zero-order chi connectivity index (χ0) is 15.8. The number of para-hydroxylation sites is 1. The van der Waals surface area contributed by atoms with Crippen LogP contribution in [0.2, 0.25) is 0 Å². The van der Waals surface area contributed by atoms with Gasteiger partial charge >= 0.3 is 5.97 Å². The second-order valence-corrected chi connectivity index (χ2v) is 6.07. The van der Waals surface area contributed by atoms with Gasteiger partial charge in [0.25, 0.3) is 0 Å². The maximum Gasteiger partial charge on any atom is 0.306 e. The molecule has 0 radical (unpaired) electrons. The monoisotopic (exact) mass is 311 g/mol. The quantitative estimate of drug-likeness (QED) is 0.809. The van der Waals surface area contributed by atoms with Crippen molar-refractivity contribution in [3.63, 3.8) is 0 Å². The molecule has 1 fully saturated rings. The van der Waals surface area contributed by atoms with Gasteiger partial charge in [0, 0.05) is 24.4 Å². The Morgan fingerprint density at radius 2 is 2.09 bits per heavy atom. The minimum absolute atomic E-state index is 0.0179. The number of hydrogen-bond acceptors (Lipinski definition) is 4. The van der Waals surface area contributed by atoms with E-state index >= 15 is 0 Å². The van der Waals surface area contributed by atoms with E-state index in [2.05, 4.69) is 5.10 Å². The van der Waals surface area contributed by atoms with Crippen molar-refractivity contribution in [1.29, 1.82) is 0 Å². The fraction of sp³-hybridized carbons (Fsp3) is 0.353. The van der Waals surface area contributed by atoms with Gasteiger partial charge in [0.1, 0.15) is 0 Å². The normalized spacial score (nSPS) is 19.7. The molecule has 0 bridgehead atoms. The first kappa shape index (κ1) is 14.0. The van der Waals surface area contributed by atoms with Crippen LogP contribution in [-0.4, -0.2) is 33.2 Å². The maximum atomic E-state index is 12.5. The Morgan fingerprint density at radius 3 is 2.83 bits per heavy atom. The number of esters is 1. The minimum Gasteiger partial charge on any atom is -0.465 e. The third-order valence-electron chi connectivity index (χ3n) is 4.41. The molecule has 6 heteroatoms. The summed E-state index contributed by atoms with van der Waals surface area (Å²) >= 11 is 0. The minimum atomic E-state index is -0.202. The molecule has 1 aromatic carbocycles. The summed E-state index contributed by atoms with van der Waals surface area (Å²) in [7, 11) is 0. The highest BCUT2D eigenvalue weighted by Crippen LogP contribution is 2.27. The molecule has 4 rings (SSSR count). The van der Waals surface area contributed by atoms with Crippen LogP contribution in [0.1, 0.15) is 24.1 Å². The Hall–Kier alpha value is -2.63. The van der Waals surface area contributed by atoms with Gasteiger partial charge < -0.3 is 9.64 Å². The van der Waals surface area contributed by atoms with Crippen LogP contribution in [0.3, 0.4) is 0 Å². The van der Waals surface area contributed by atoms with E-state index in [1.165, 1.54) is 0 Å². The number of ether oxygens (including phenoxy) is 1. The Labute approximate surface area is 133 Å². The van der Waals surface area contributed by atoms with Crippen LogP contribution in [-0.2, 0) is 27.4 Å².